The van der Waals surface area contributed by atoms with Crippen molar-refractivity contribution < 1.29 is 29.1 Å². The average Bonchev–Trinajstić information content (AvgIpc) is 2.72. The number of ether oxygens (including phenoxy) is 3. The van der Waals surface area contributed by atoms with Gasteiger partial charge in [-0.2, -0.15) is 0 Å². The lowest BCUT2D eigenvalue weighted by atomic mass is 9.73. The van der Waals surface area contributed by atoms with Crippen molar-refractivity contribution in [2.24, 2.45) is 0 Å². The van der Waals surface area contributed by atoms with Crippen molar-refractivity contribution in [2.45, 2.75) is 25.9 Å². The topological polar surface area (TPSA) is 88.5 Å². The molecule has 1 saturated heterocycles. The molecule has 1 fully saturated rings. The number of Topliss-reactive ketones (excluding diaryl/α,β-unsaturated/α-hetero) is 1. The quantitative estimate of drug-likeness (QED) is 0.718. The Balaban J connectivity index is 1.64. The second kappa shape index (κ2) is 8.30. The number of benzene rings is 2. The highest BCUT2D eigenvalue weighted by Gasteiger charge is 2.40. The molecule has 0 aromatic heterocycles. The van der Waals surface area contributed by atoms with Crippen LogP contribution in [0.15, 0.2) is 36.4 Å². The first-order valence-electron chi connectivity index (χ1n) is 10.1. The number of carbonyl (C=O) groups excluding carboxylic acids is 1. The molecule has 2 aliphatic heterocycles. The summed E-state index contributed by atoms with van der Waals surface area (Å²) in [5.41, 5.74) is 1.31. The minimum atomic E-state index is -1.76. The van der Waals surface area contributed by atoms with Crippen molar-refractivity contribution >= 4 is 24.1 Å². The second-order valence-corrected chi connectivity index (χ2v) is 8.09. The zero-order chi connectivity index (χ0) is 21.3. The van der Waals surface area contributed by atoms with Crippen LogP contribution in [0, 0.1) is 6.92 Å². The molecule has 2 N–H and O–H groups in total. The Morgan fingerprint density at radius 3 is 2.63 bits per heavy atom. The van der Waals surface area contributed by atoms with Gasteiger partial charge in [0.1, 0.15) is 23.7 Å². The van der Waals surface area contributed by atoms with Gasteiger partial charge in [0, 0.05) is 24.8 Å². The smallest absolute Gasteiger partial charge is 0.489 e. The van der Waals surface area contributed by atoms with Gasteiger partial charge in [0.25, 0.3) is 0 Å². The van der Waals surface area contributed by atoms with E-state index in [0.717, 1.165) is 17.0 Å². The summed E-state index contributed by atoms with van der Waals surface area (Å²) in [6.07, 6.45) is 0.0858. The predicted octanol–water partition coefficient (Wildman–Crippen LogP) is 1.31. The third-order valence-electron chi connectivity index (χ3n) is 5.57. The Labute approximate surface area is 176 Å². The molecular formula is C22H26BNO6. The Kier molecular flexibility index (Phi) is 5.73. The maximum Gasteiger partial charge on any atom is 0.489 e. The summed E-state index contributed by atoms with van der Waals surface area (Å²) < 4.78 is 17.6. The summed E-state index contributed by atoms with van der Waals surface area (Å²) in [5.74, 6) is 0.909. The highest BCUT2D eigenvalue weighted by Crippen LogP contribution is 2.36. The molecule has 2 aromatic carbocycles. The van der Waals surface area contributed by atoms with Crippen molar-refractivity contribution in [3.8, 4) is 11.5 Å². The van der Waals surface area contributed by atoms with E-state index in [9.17, 15) is 14.8 Å². The molecule has 1 unspecified atom stereocenters. The van der Waals surface area contributed by atoms with Gasteiger partial charge in [0.05, 0.1) is 25.2 Å². The molecule has 0 spiro atoms. The van der Waals surface area contributed by atoms with Crippen LogP contribution in [-0.4, -0.2) is 61.5 Å². The van der Waals surface area contributed by atoms with E-state index < -0.39 is 12.7 Å². The Morgan fingerprint density at radius 2 is 1.93 bits per heavy atom. The highest BCUT2D eigenvalue weighted by molar-refractivity contribution is 6.60. The fourth-order valence-corrected chi connectivity index (χ4v) is 3.97. The number of ketones is 1. The summed E-state index contributed by atoms with van der Waals surface area (Å²) in [6, 6.07) is 11.1. The van der Waals surface area contributed by atoms with E-state index in [1.54, 1.807) is 12.1 Å². The van der Waals surface area contributed by atoms with Gasteiger partial charge in [-0.05, 0) is 37.0 Å². The molecule has 2 aromatic rings. The van der Waals surface area contributed by atoms with E-state index >= 15 is 0 Å². The largest absolute Gasteiger partial charge is 0.489 e. The van der Waals surface area contributed by atoms with Crippen LogP contribution in [0.2, 0.25) is 0 Å². The Morgan fingerprint density at radius 1 is 1.20 bits per heavy atom. The second-order valence-electron chi connectivity index (χ2n) is 8.09. The standard InChI is InChI=1S/C22H26BNO6/c1-15-5-3-4-6-19(15)29-14-22(2)13-18(25)21-17(23(26)27)11-16(12-20(21)30-22)24-7-9-28-10-8-24/h3-6,11-12,26-27H,7-10,13-14H2,1-2H3. The molecule has 0 radical (unpaired) electrons. The molecule has 0 aliphatic carbocycles. The fourth-order valence-electron chi connectivity index (χ4n) is 3.97. The molecule has 4 rings (SSSR count). The maximum absolute atomic E-state index is 13.0. The van der Waals surface area contributed by atoms with Crippen molar-refractivity contribution in [3.05, 3.63) is 47.5 Å². The van der Waals surface area contributed by atoms with Crippen molar-refractivity contribution in [1.82, 2.24) is 0 Å². The van der Waals surface area contributed by atoms with E-state index in [-0.39, 0.29) is 29.8 Å². The van der Waals surface area contributed by atoms with Crippen molar-refractivity contribution in [3.63, 3.8) is 0 Å². The molecule has 2 aliphatic rings. The number of aryl methyl sites for hydroxylation is 1. The highest BCUT2D eigenvalue weighted by atomic mass is 16.5. The number of rotatable bonds is 5. The van der Waals surface area contributed by atoms with Crippen LogP contribution in [0.1, 0.15) is 29.3 Å². The number of fused-ring (bicyclic) bond motifs is 1. The van der Waals surface area contributed by atoms with E-state index in [4.69, 9.17) is 14.2 Å². The Bertz CT molecular complexity index is 943. The van der Waals surface area contributed by atoms with E-state index in [0.29, 0.717) is 32.1 Å². The molecule has 158 valence electrons. The van der Waals surface area contributed by atoms with Gasteiger partial charge >= 0.3 is 7.12 Å². The molecule has 0 amide bonds. The van der Waals surface area contributed by atoms with E-state index in [1.807, 2.05) is 38.1 Å². The summed E-state index contributed by atoms with van der Waals surface area (Å²) in [5, 5.41) is 19.8. The maximum atomic E-state index is 13.0. The summed E-state index contributed by atoms with van der Waals surface area (Å²) in [6.45, 7) is 6.54. The van der Waals surface area contributed by atoms with Crippen LogP contribution in [-0.2, 0) is 4.74 Å². The molecule has 30 heavy (non-hydrogen) atoms. The van der Waals surface area contributed by atoms with Gasteiger partial charge in [-0.1, -0.05) is 18.2 Å². The number of para-hydroxylation sites is 1. The molecule has 8 heteroatoms. The zero-order valence-corrected chi connectivity index (χ0v) is 17.3. The fraction of sp³-hybridized carbons (Fsp3) is 0.409. The normalized spacial score (nSPS) is 21.1. The van der Waals surface area contributed by atoms with Crippen LogP contribution in [0.5, 0.6) is 11.5 Å². The first-order chi connectivity index (χ1) is 14.4. The number of hydrogen-bond acceptors (Lipinski definition) is 7. The first-order valence-corrected chi connectivity index (χ1v) is 10.1. The zero-order valence-electron chi connectivity index (χ0n) is 17.3. The summed E-state index contributed by atoms with van der Waals surface area (Å²) >= 11 is 0. The monoisotopic (exact) mass is 411 g/mol. The van der Waals surface area contributed by atoms with Gasteiger partial charge in [0.2, 0.25) is 0 Å². The van der Waals surface area contributed by atoms with Gasteiger partial charge < -0.3 is 29.2 Å². The minimum absolute atomic E-state index is 0.0858. The lowest BCUT2D eigenvalue weighted by Gasteiger charge is -2.37. The number of hydrogen-bond donors (Lipinski definition) is 2. The number of nitrogens with zero attached hydrogens (tertiary/aromatic N) is 1. The Hall–Kier alpha value is -2.55. The van der Waals surface area contributed by atoms with Gasteiger partial charge in [-0.3, -0.25) is 4.79 Å². The van der Waals surface area contributed by atoms with Crippen LogP contribution in [0.25, 0.3) is 0 Å². The molecule has 0 bridgehead atoms. The molecule has 0 saturated carbocycles. The summed E-state index contributed by atoms with van der Waals surface area (Å²) in [7, 11) is -1.76. The van der Waals surface area contributed by atoms with Crippen LogP contribution < -0.4 is 19.8 Å². The van der Waals surface area contributed by atoms with E-state index in [2.05, 4.69) is 4.90 Å². The molecule has 2 heterocycles. The van der Waals surface area contributed by atoms with Crippen LogP contribution in [0.3, 0.4) is 0 Å². The van der Waals surface area contributed by atoms with Crippen molar-refractivity contribution in [1.29, 1.82) is 0 Å². The molecule has 7 nitrogen and oxygen atoms in total. The summed E-state index contributed by atoms with van der Waals surface area (Å²) in [4.78, 5) is 15.1. The predicted molar refractivity (Wildman–Crippen MR) is 114 cm³/mol. The van der Waals surface area contributed by atoms with Gasteiger partial charge in [-0.25, -0.2) is 0 Å². The number of carbonyl (C=O) groups is 1. The lowest BCUT2D eigenvalue weighted by Crippen LogP contribution is -2.48. The third kappa shape index (κ3) is 4.17. The first kappa shape index (κ1) is 20.7. The number of morpholine rings is 1. The van der Waals surface area contributed by atoms with Crippen LogP contribution >= 0.6 is 0 Å². The average molecular weight is 411 g/mol. The minimum Gasteiger partial charge on any atom is -0.489 e. The lowest BCUT2D eigenvalue weighted by molar-refractivity contribution is 0.0190. The van der Waals surface area contributed by atoms with Crippen LogP contribution in [0.4, 0.5) is 5.69 Å². The SMILES string of the molecule is Cc1ccccc1OCC1(C)CC(=O)c2c(cc(N3CCOCC3)cc2B(O)O)O1. The third-order valence-corrected chi connectivity index (χ3v) is 5.57. The van der Waals surface area contributed by atoms with Gasteiger partial charge in [-0.15, -0.1) is 0 Å². The van der Waals surface area contributed by atoms with Gasteiger partial charge in [0.15, 0.2) is 5.78 Å². The number of anilines is 1. The van der Waals surface area contributed by atoms with E-state index in [1.165, 1.54) is 0 Å². The van der Waals surface area contributed by atoms with Crippen molar-refractivity contribution in [2.75, 3.05) is 37.8 Å². The molecular weight excluding hydrogens is 385 g/mol. The molecule has 1 atom stereocenters.